The van der Waals surface area contributed by atoms with Gasteiger partial charge in [-0.3, -0.25) is 9.78 Å². The predicted octanol–water partition coefficient (Wildman–Crippen LogP) is 1.42. The molecule has 2 rings (SSSR count). The van der Waals surface area contributed by atoms with Gasteiger partial charge in [-0.05, 0) is 31.4 Å². The van der Waals surface area contributed by atoms with Crippen LogP contribution in [0.15, 0.2) is 18.3 Å². The highest BCUT2D eigenvalue weighted by Gasteiger charge is 2.36. The average Bonchev–Trinajstić information content (AvgIpc) is 2.37. The van der Waals surface area contributed by atoms with Gasteiger partial charge in [-0.25, -0.2) is 0 Å². The van der Waals surface area contributed by atoms with Gasteiger partial charge in [-0.15, -0.1) is 0 Å². The molecule has 0 radical (unpaired) electrons. The van der Waals surface area contributed by atoms with Gasteiger partial charge in [0.1, 0.15) is 5.69 Å². The first kappa shape index (κ1) is 12.8. The number of methoxy groups -OCH3 is 1. The second-order valence-electron chi connectivity index (χ2n) is 4.60. The van der Waals surface area contributed by atoms with E-state index in [0.717, 1.165) is 25.1 Å². The van der Waals surface area contributed by atoms with Crippen LogP contribution in [0.2, 0.25) is 0 Å². The van der Waals surface area contributed by atoms with Crippen LogP contribution in [0.5, 0.6) is 0 Å². The minimum Gasteiger partial charge on any atom is -0.382 e. The highest BCUT2D eigenvalue weighted by Crippen LogP contribution is 2.35. The monoisotopic (exact) mass is 249 g/mol. The summed E-state index contributed by atoms with van der Waals surface area (Å²) in [6.45, 7) is 0.765. The molecule has 1 heterocycles. The molecule has 1 aliphatic carbocycles. The maximum Gasteiger partial charge on any atom is 0.269 e. The number of nitrogens with one attached hydrogen (secondary N) is 2. The fourth-order valence-electron chi connectivity index (χ4n) is 2.08. The molecule has 98 valence electrons. The number of carbonyl (C=O) groups excluding carboxylic acids is 1. The fraction of sp³-hybridized carbons (Fsp3) is 0.538. The number of aromatic nitrogens is 1. The zero-order valence-corrected chi connectivity index (χ0v) is 10.8. The molecule has 0 spiro atoms. The SMILES string of the molecule is CNC(=O)c1cc(NCC2(OC)CCC2)ccn1. The summed E-state index contributed by atoms with van der Waals surface area (Å²) in [7, 11) is 3.35. The fourth-order valence-corrected chi connectivity index (χ4v) is 2.08. The Kier molecular flexibility index (Phi) is 3.81. The number of anilines is 1. The Morgan fingerprint density at radius 3 is 2.89 bits per heavy atom. The van der Waals surface area contributed by atoms with E-state index >= 15 is 0 Å². The minimum absolute atomic E-state index is 0.0313. The van der Waals surface area contributed by atoms with E-state index in [1.165, 1.54) is 6.42 Å². The first-order valence-electron chi connectivity index (χ1n) is 6.16. The quantitative estimate of drug-likeness (QED) is 0.828. The van der Waals surface area contributed by atoms with E-state index in [4.69, 9.17) is 4.74 Å². The summed E-state index contributed by atoms with van der Waals surface area (Å²) in [6.07, 6.45) is 5.02. The minimum atomic E-state index is -0.177. The van der Waals surface area contributed by atoms with Crippen LogP contribution < -0.4 is 10.6 Å². The van der Waals surface area contributed by atoms with Crippen molar-refractivity contribution in [3.05, 3.63) is 24.0 Å². The maximum atomic E-state index is 11.5. The van der Waals surface area contributed by atoms with E-state index in [1.54, 1.807) is 26.4 Å². The molecular formula is C13H19N3O2. The molecule has 1 fully saturated rings. The van der Waals surface area contributed by atoms with Crippen LogP contribution >= 0.6 is 0 Å². The average molecular weight is 249 g/mol. The van der Waals surface area contributed by atoms with E-state index in [1.807, 2.05) is 6.07 Å². The van der Waals surface area contributed by atoms with Crippen LogP contribution in [0.1, 0.15) is 29.8 Å². The molecular weight excluding hydrogens is 230 g/mol. The first-order chi connectivity index (χ1) is 8.69. The number of hydrogen-bond acceptors (Lipinski definition) is 4. The highest BCUT2D eigenvalue weighted by atomic mass is 16.5. The predicted molar refractivity (Wildman–Crippen MR) is 69.7 cm³/mol. The molecule has 0 bridgehead atoms. The lowest BCUT2D eigenvalue weighted by Crippen LogP contribution is -2.45. The van der Waals surface area contributed by atoms with Gasteiger partial charge < -0.3 is 15.4 Å². The van der Waals surface area contributed by atoms with Crippen LogP contribution in [-0.4, -0.2) is 37.2 Å². The number of carbonyl (C=O) groups is 1. The molecule has 5 nitrogen and oxygen atoms in total. The number of hydrogen-bond donors (Lipinski definition) is 2. The van der Waals surface area contributed by atoms with Crippen LogP contribution in [0.3, 0.4) is 0 Å². The number of pyridine rings is 1. The molecule has 0 aliphatic heterocycles. The molecule has 5 heteroatoms. The largest absolute Gasteiger partial charge is 0.382 e. The molecule has 2 N–H and O–H groups in total. The standard InChI is InChI=1S/C13H19N3O2/c1-14-12(17)11-8-10(4-7-15-11)16-9-13(18-2)5-3-6-13/h4,7-8H,3,5-6,9H2,1-2H3,(H,14,17)(H,15,16). The summed E-state index contributed by atoms with van der Waals surface area (Å²) >= 11 is 0. The molecule has 0 atom stereocenters. The lowest BCUT2D eigenvalue weighted by Gasteiger charge is -2.40. The van der Waals surface area contributed by atoms with Crippen molar-refractivity contribution >= 4 is 11.6 Å². The van der Waals surface area contributed by atoms with Gasteiger partial charge in [-0.1, -0.05) is 0 Å². The third kappa shape index (κ3) is 2.61. The zero-order chi connectivity index (χ0) is 13.0. The van der Waals surface area contributed by atoms with E-state index in [0.29, 0.717) is 5.69 Å². The third-order valence-electron chi connectivity index (χ3n) is 3.53. The smallest absolute Gasteiger partial charge is 0.269 e. The van der Waals surface area contributed by atoms with Crippen molar-refractivity contribution in [3.63, 3.8) is 0 Å². The second kappa shape index (κ2) is 5.35. The summed E-state index contributed by atoms with van der Waals surface area (Å²) in [5, 5.41) is 5.87. The topological polar surface area (TPSA) is 63.2 Å². The summed E-state index contributed by atoms with van der Waals surface area (Å²) in [6, 6.07) is 3.61. The van der Waals surface area contributed by atoms with Gasteiger partial charge >= 0.3 is 0 Å². The summed E-state index contributed by atoms with van der Waals surface area (Å²) in [4.78, 5) is 15.5. The van der Waals surface area contributed by atoms with Crippen LogP contribution in [0.4, 0.5) is 5.69 Å². The maximum absolute atomic E-state index is 11.5. The highest BCUT2D eigenvalue weighted by molar-refractivity contribution is 5.92. The van der Waals surface area contributed by atoms with Crippen molar-refractivity contribution < 1.29 is 9.53 Å². The van der Waals surface area contributed by atoms with Gasteiger partial charge in [0, 0.05) is 32.6 Å². The molecule has 1 saturated carbocycles. The second-order valence-corrected chi connectivity index (χ2v) is 4.60. The number of rotatable bonds is 5. The molecule has 0 aromatic carbocycles. The van der Waals surface area contributed by atoms with Crippen molar-refractivity contribution in [1.82, 2.24) is 10.3 Å². The van der Waals surface area contributed by atoms with Crippen molar-refractivity contribution in [3.8, 4) is 0 Å². The van der Waals surface area contributed by atoms with Crippen molar-refractivity contribution in [2.75, 3.05) is 26.0 Å². The van der Waals surface area contributed by atoms with Gasteiger partial charge in [0.25, 0.3) is 5.91 Å². The molecule has 0 unspecified atom stereocenters. The van der Waals surface area contributed by atoms with E-state index < -0.39 is 0 Å². The molecule has 1 aliphatic rings. The summed E-state index contributed by atoms with van der Waals surface area (Å²) in [5.41, 5.74) is 1.28. The van der Waals surface area contributed by atoms with Crippen molar-refractivity contribution in [2.24, 2.45) is 0 Å². The summed E-state index contributed by atoms with van der Waals surface area (Å²) in [5.74, 6) is -0.177. The lowest BCUT2D eigenvalue weighted by atomic mass is 9.80. The summed E-state index contributed by atoms with van der Waals surface area (Å²) < 4.78 is 5.54. The Morgan fingerprint density at radius 2 is 2.33 bits per heavy atom. The van der Waals surface area contributed by atoms with Gasteiger partial charge in [0.05, 0.1) is 5.60 Å². The Morgan fingerprint density at radius 1 is 1.56 bits per heavy atom. The zero-order valence-electron chi connectivity index (χ0n) is 10.8. The Balaban J connectivity index is 1.99. The molecule has 1 amide bonds. The molecule has 1 aromatic heterocycles. The first-order valence-corrected chi connectivity index (χ1v) is 6.16. The van der Waals surface area contributed by atoms with E-state index in [2.05, 4.69) is 15.6 Å². The lowest BCUT2D eigenvalue weighted by molar-refractivity contribution is -0.0601. The normalized spacial score (nSPS) is 16.8. The van der Waals surface area contributed by atoms with Gasteiger partial charge in [-0.2, -0.15) is 0 Å². The molecule has 0 saturated heterocycles. The number of ether oxygens (including phenoxy) is 1. The van der Waals surface area contributed by atoms with Gasteiger partial charge in [0.15, 0.2) is 0 Å². The van der Waals surface area contributed by atoms with Gasteiger partial charge in [0.2, 0.25) is 0 Å². The Bertz CT molecular complexity index is 424. The van der Waals surface area contributed by atoms with Crippen LogP contribution in [0.25, 0.3) is 0 Å². The molecule has 18 heavy (non-hydrogen) atoms. The van der Waals surface area contributed by atoms with E-state index in [9.17, 15) is 4.79 Å². The van der Waals surface area contributed by atoms with E-state index in [-0.39, 0.29) is 11.5 Å². The Labute approximate surface area is 107 Å². The van der Waals surface area contributed by atoms with Crippen molar-refractivity contribution in [2.45, 2.75) is 24.9 Å². The number of amides is 1. The third-order valence-corrected chi connectivity index (χ3v) is 3.53. The van der Waals surface area contributed by atoms with Crippen LogP contribution in [0, 0.1) is 0 Å². The van der Waals surface area contributed by atoms with Crippen molar-refractivity contribution in [1.29, 1.82) is 0 Å². The Hall–Kier alpha value is -1.62. The van der Waals surface area contributed by atoms with Crippen LogP contribution in [-0.2, 0) is 4.74 Å². The molecule has 1 aromatic rings. The number of nitrogens with zero attached hydrogens (tertiary/aromatic N) is 1.